The molecular formula is C26H31N5O2S. The van der Waals surface area contributed by atoms with Crippen LogP contribution in [0.25, 0.3) is 5.69 Å². The number of fused-ring (bicyclic) bond motifs is 1. The number of pyridine rings is 1. The molecule has 1 saturated heterocycles. The van der Waals surface area contributed by atoms with Crippen LogP contribution in [0.15, 0.2) is 48.7 Å². The predicted molar refractivity (Wildman–Crippen MR) is 137 cm³/mol. The third-order valence-electron chi connectivity index (χ3n) is 6.61. The predicted octanol–water partition coefficient (Wildman–Crippen LogP) is 4.14. The summed E-state index contributed by atoms with van der Waals surface area (Å²) in [4.78, 5) is 9.22. The molecule has 0 bridgehead atoms. The van der Waals surface area contributed by atoms with E-state index < -0.39 is 0 Å². The summed E-state index contributed by atoms with van der Waals surface area (Å²) in [5.41, 5.74) is 5.66. The highest BCUT2D eigenvalue weighted by Crippen LogP contribution is 2.42. The topological polar surface area (TPSA) is 54.8 Å². The molecule has 2 atom stereocenters. The zero-order valence-electron chi connectivity index (χ0n) is 20.1. The molecular weight excluding hydrogens is 446 g/mol. The first kappa shape index (κ1) is 22.7. The molecule has 2 aliphatic rings. The number of aryl methyl sites for hydroxylation is 1. The van der Waals surface area contributed by atoms with Crippen LogP contribution < -0.4 is 14.8 Å². The summed E-state index contributed by atoms with van der Waals surface area (Å²) in [7, 11) is 4.21. The Labute approximate surface area is 206 Å². The fraction of sp³-hybridized carbons (Fsp3) is 0.385. The lowest BCUT2D eigenvalue weighted by Crippen LogP contribution is -2.32. The summed E-state index contributed by atoms with van der Waals surface area (Å²) >= 11 is 5.84. The Morgan fingerprint density at radius 3 is 2.71 bits per heavy atom. The highest BCUT2D eigenvalue weighted by molar-refractivity contribution is 7.80. The van der Waals surface area contributed by atoms with Gasteiger partial charge < -0.3 is 29.2 Å². The van der Waals surface area contributed by atoms with Crippen molar-refractivity contribution in [3.63, 3.8) is 0 Å². The van der Waals surface area contributed by atoms with Gasteiger partial charge in [-0.05, 0) is 89.0 Å². The molecule has 2 aromatic heterocycles. The highest BCUT2D eigenvalue weighted by atomic mass is 32.1. The van der Waals surface area contributed by atoms with Crippen LogP contribution >= 0.6 is 12.2 Å². The van der Waals surface area contributed by atoms with Crippen molar-refractivity contribution in [3.8, 4) is 17.2 Å². The highest BCUT2D eigenvalue weighted by Gasteiger charge is 2.41. The first-order valence-electron chi connectivity index (χ1n) is 11.7. The van der Waals surface area contributed by atoms with E-state index in [0.29, 0.717) is 0 Å². The zero-order valence-corrected chi connectivity index (χ0v) is 20.9. The maximum Gasteiger partial charge on any atom is 0.231 e. The van der Waals surface area contributed by atoms with Gasteiger partial charge in [0.25, 0.3) is 0 Å². The first-order chi connectivity index (χ1) is 16.4. The van der Waals surface area contributed by atoms with E-state index in [1.54, 1.807) is 0 Å². The quantitative estimate of drug-likeness (QED) is 0.513. The normalized spacial score (nSPS) is 19.2. The summed E-state index contributed by atoms with van der Waals surface area (Å²) in [6.45, 7) is 6.49. The lowest BCUT2D eigenvalue weighted by molar-refractivity contribution is 0.174. The van der Waals surface area contributed by atoms with E-state index in [2.05, 4.69) is 76.9 Å². The molecule has 34 heavy (non-hydrogen) atoms. The molecule has 7 nitrogen and oxygen atoms in total. The Kier molecular flexibility index (Phi) is 6.18. The van der Waals surface area contributed by atoms with Gasteiger partial charge in [-0.15, -0.1) is 0 Å². The second kappa shape index (κ2) is 9.27. The number of benzene rings is 1. The third kappa shape index (κ3) is 4.12. The van der Waals surface area contributed by atoms with E-state index in [1.807, 2.05) is 24.4 Å². The van der Waals surface area contributed by atoms with Gasteiger partial charge >= 0.3 is 0 Å². The Bertz CT molecular complexity index is 1190. The average Bonchev–Trinajstić information content (AvgIpc) is 3.49. The molecule has 1 aromatic carbocycles. The SMILES string of the molecule is Cc1cc([C@@H]2[C@H](c3ccccn3)NC(=S)N2CCCN(C)C)c(C)n1-c1ccc2c(c1)OCO2. The molecule has 0 aliphatic carbocycles. The summed E-state index contributed by atoms with van der Waals surface area (Å²) in [6.07, 6.45) is 2.88. The molecule has 8 heteroatoms. The maximum atomic E-state index is 5.84. The van der Waals surface area contributed by atoms with Crippen molar-refractivity contribution in [1.29, 1.82) is 0 Å². The van der Waals surface area contributed by atoms with Gasteiger partial charge in [-0.2, -0.15) is 0 Å². The van der Waals surface area contributed by atoms with Crippen LogP contribution in [-0.4, -0.2) is 58.4 Å². The van der Waals surface area contributed by atoms with E-state index in [9.17, 15) is 0 Å². The Morgan fingerprint density at radius 2 is 1.94 bits per heavy atom. The van der Waals surface area contributed by atoms with Crippen molar-refractivity contribution >= 4 is 17.3 Å². The lowest BCUT2D eigenvalue weighted by Gasteiger charge is -2.28. The molecule has 4 heterocycles. The van der Waals surface area contributed by atoms with Gasteiger partial charge in [-0.1, -0.05) is 6.07 Å². The molecule has 1 N–H and O–H groups in total. The number of aromatic nitrogens is 2. The minimum absolute atomic E-state index is 0.0150. The first-order valence-corrected chi connectivity index (χ1v) is 12.1. The fourth-order valence-electron chi connectivity index (χ4n) is 5.05. The number of nitrogens with one attached hydrogen (secondary N) is 1. The Morgan fingerprint density at radius 1 is 1.12 bits per heavy atom. The number of ether oxygens (including phenoxy) is 2. The summed E-state index contributed by atoms with van der Waals surface area (Å²) in [6, 6.07) is 14.5. The van der Waals surface area contributed by atoms with Crippen molar-refractivity contribution < 1.29 is 9.47 Å². The summed E-state index contributed by atoms with van der Waals surface area (Å²) < 4.78 is 13.4. The molecule has 3 aromatic rings. The third-order valence-corrected chi connectivity index (χ3v) is 6.96. The van der Waals surface area contributed by atoms with E-state index in [-0.39, 0.29) is 18.9 Å². The van der Waals surface area contributed by atoms with E-state index >= 15 is 0 Å². The molecule has 178 valence electrons. The molecule has 1 fully saturated rings. The van der Waals surface area contributed by atoms with Gasteiger partial charge in [-0.25, -0.2) is 0 Å². The number of thiocarbonyl (C=S) groups is 1. The lowest BCUT2D eigenvalue weighted by atomic mass is 9.96. The second-order valence-electron chi connectivity index (χ2n) is 9.18. The monoisotopic (exact) mass is 477 g/mol. The van der Waals surface area contributed by atoms with Crippen LogP contribution in [0, 0.1) is 13.8 Å². The smallest absolute Gasteiger partial charge is 0.231 e. The van der Waals surface area contributed by atoms with Crippen LogP contribution in [0.3, 0.4) is 0 Å². The van der Waals surface area contributed by atoms with Gasteiger partial charge in [0.1, 0.15) is 0 Å². The van der Waals surface area contributed by atoms with Crippen molar-refractivity contribution in [2.75, 3.05) is 34.0 Å². The molecule has 0 spiro atoms. The van der Waals surface area contributed by atoms with Crippen molar-refractivity contribution in [3.05, 3.63) is 71.3 Å². The van der Waals surface area contributed by atoms with Gasteiger partial charge in [0.2, 0.25) is 6.79 Å². The van der Waals surface area contributed by atoms with Crippen LogP contribution in [0.4, 0.5) is 0 Å². The zero-order chi connectivity index (χ0) is 23.8. The van der Waals surface area contributed by atoms with Crippen LogP contribution in [0.2, 0.25) is 0 Å². The number of rotatable bonds is 7. The molecule has 0 unspecified atom stereocenters. The maximum absolute atomic E-state index is 5.84. The minimum atomic E-state index is -0.0150. The Balaban J connectivity index is 1.55. The van der Waals surface area contributed by atoms with E-state index in [0.717, 1.165) is 53.2 Å². The van der Waals surface area contributed by atoms with Gasteiger partial charge in [0, 0.05) is 35.9 Å². The van der Waals surface area contributed by atoms with Crippen molar-refractivity contribution in [1.82, 2.24) is 24.7 Å². The number of hydrogen-bond acceptors (Lipinski definition) is 5. The minimum Gasteiger partial charge on any atom is -0.454 e. The van der Waals surface area contributed by atoms with Crippen LogP contribution in [0.1, 0.15) is 41.1 Å². The number of nitrogens with zero attached hydrogens (tertiary/aromatic N) is 4. The van der Waals surface area contributed by atoms with Crippen molar-refractivity contribution in [2.45, 2.75) is 32.4 Å². The Hall–Kier alpha value is -3.10. The average molecular weight is 478 g/mol. The van der Waals surface area contributed by atoms with E-state index in [1.165, 1.54) is 11.3 Å². The fourth-order valence-corrected chi connectivity index (χ4v) is 5.38. The largest absolute Gasteiger partial charge is 0.454 e. The van der Waals surface area contributed by atoms with Crippen LogP contribution in [0.5, 0.6) is 11.5 Å². The standard InChI is InChI=1S/C26H31N5O2S/c1-17-14-20(18(2)31(17)19-9-10-22-23(15-19)33-16-32-22)25-24(21-8-5-6-11-27-21)28-26(34)30(25)13-7-12-29(3)4/h5-6,8-11,14-15,24-25H,7,12-13,16H2,1-4H3,(H,28,34)/t24-,25+/m0/s1. The van der Waals surface area contributed by atoms with Crippen LogP contribution in [-0.2, 0) is 0 Å². The molecule has 0 saturated carbocycles. The van der Waals surface area contributed by atoms with Gasteiger partial charge in [-0.3, -0.25) is 4.98 Å². The summed E-state index contributed by atoms with van der Waals surface area (Å²) in [5, 5.41) is 4.36. The van der Waals surface area contributed by atoms with Gasteiger partial charge in [0.05, 0.1) is 17.8 Å². The molecule has 0 amide bonds. The molecule has 2 aliphatic heterocycles. The second-order valence-corrected chi connectivity index (χ2v) is 9.56. The van der Waals surface area contributed by atoms with Gasteiger partial charge in [0.15, 0.2) is 16.6 Å². The molecule has 0 radical (unpaired) electrons. The molecule has 5 rings (SSSR count). The van der Waals surface area contributed by atoms with Crippen molar-refractivity contribution in [2.24, 2.45) is 0 Å². The summed E-state index contributed by atoms with van der Waals surface area (Å²) in [5.74, 6) is 1.57. The number of hydrogen-bond donors (Lipinski definition) is 1. The van der Waals surface area contributed by atoms with E-state index in [4.69, 9.17) is 21.7 Å².